The summed E-state index contributed by atoms with van der Waals surface area (Å²) in [4.78, 5) is 89.4. The third-order valence-corrected chi connectivity index (χ3v) is 25.4. The van der Waals surface area contributed by atoms with Crippen molar-refractivity contribution in [3.63, 3.8) is 0 Å². The summed E-state index contributed by atoms with van der Waals surface area (Å²) >= 11 is 0. The summed E-state index contributed by atoms with van der Waals surface area (Å²) < 4.78 is 136. The van der Waals surface area contributed by atoms with Crippen molar-refractivity contribution in [2.75, 3.05) is 119 Å². The molecule has 32 nitrogen and oxygen atoms in total. The number of aromatic nitrogens is 2. The Labute approximate surface area is 588 Å². The minimum Gasteiger partial charge on any atom is -0.492 e. The topological polar surface area (TPSA) is 387 Å². The standard InChI is InChI=1S/C24H26FN3O10P2.C21H24FN3O4.C13H19NO9P2.2C2H6O.ClH/c1-24(37-39-33,38-40-34)36-23(32)27-7-3-4-12-9-26(11-17(12)27)19-16(25)8-14-18(21(19)35-2)28(13-5-6-13)10-15(20(14)29)22(30)31;1-29-20-17-13(19(26)14(21(27)28)9-25(17)12-4-5-12)7-15(22)18(20)24-8-11-3-2-6-23-16(11)10-24;1-13(24(4,18)20-2,25(5,19)21-3)23-12(15)22-11-8-6-10(7-9-11)14(16)17;2*1-3-2;/h8,10,12-13,17H,3-7,9,11H2,1-2H3,(H,30,31);7,9,11-12,16,23H,2-6,8,10H2,1H3,(H,27,28);6-9H,1-5H3;2*1-2H3;1H. The number of anilines is 2. The number of carboxylic acids is 2. The first kappa shape index (κ1) is 82.6. The van der Waals surface area contributed by atoms with Crippen molar-refractivity contribution in [2.45, 2.75) is 100 Å². The highest BCUT2D eigenvalue weighted by Gasteiger charge is 2.58. The SMILES string of the molecule is COC.COC.COP(C)(=O)C(C)(OC(=O)Oc1ccc([N+](=O)[O-])cc1)P(C)(=O)OC.COc1c(N2CC3CCCN(C(=O)OC(C)(OP=O)OP=O)C3C2)c(F)cc2c(=O)c(C(=O)O)cn(C3CC3)c12.COc1c(N2CC3CCCNC3C2)c(F)cc2c(=O)c(C(=O)O)cn(C3CC3)c12.Cl. The Hall–Kier alpha value is -7.31. The smallest absolute Gasteiger partial charge is 0.492 e. The summed E-state index contributed by atoms with van der Waals surface area (Å²) in [7, 11) is 2.46. The zero-order valence-corrected chi connectivity index (χ0v) is 61.8. The normalized spacial score (nSPS) is 20.6. The summed E-state index contributed by atoms with van der Waals surface area (Å²) in [5.74, 6) is -5.38. The minimum absolute atomic E-state index is 0. The number of nitrogens with one attached hydrogen (secondary N) is 1. The summed E-state index contributed by atoms with van der Waals surface area (Å²) in [6.45, 7) is 7.92. The monoisotopic (exact) mass is 1520 g/mol. The van der Waals surface area contributed by atoms with Gasteiger partial charge >= 0.3 is 47.5 Å². The van der Waals surface area contributed by atoms with Gasteiger partial charge in [0.25, 0.3) is 25.5 Å². The Bertz CT molecular complexity index is 4060. The van der Waals surface area contributed by atoms with Gasteiger partial charge in [0.05, 0.1) is 47.0 Å². The van der Waals surface area contributed by atoms with Crippen LogP contribution in [0.25, 0.3) is 21.8 Å². The molecule has 39 heteroatoms. The molecule has 1 amide bonds. The third kappa shape index (κ3) is 18.4. The number of pyridine rings is 2. The molecule has 4 aliphatic heterocycles. The van der Waals surface area contributed by atoms with E-state index in [9.17, 15) is 67.4 Å². The average Bonchev–Trinajstić information content (AvgIpc) is 1.08. The fraction of sp³-hybridized carbons (Fsp3) is 0.548. The van der Waals surface area contributed by atoms with Crippen LogP contribution in [0.4, 0.5) is 35.4 Å². The molecule has 0 spiro atoms. The summed E-state index contributed by atoms with van der Waals surface area (Å²) in [6.07, 6.45) is 7.49. The number of carbonyl (C=O) groups is 4. The molecule has 3 N–H and O–H groups in total. The third-order valence-electron chi connectivity index (χ3n) is 17.8. The number of carboxylic acid groups (broad SMARTS) is 2. The number of aromatic carboxylic acids is 2. The van der Waals surface area contributed by atoms with Crippen LogP contribution in [0.5, 0.6) is 17.2 Å². The minimum atomic E-state index is -3.71. The lowest BCUT2D eigenvalue weighted by Gasteiger charge is -2.37. The van der Waals surface area contributed by atoms with Crippen LogP contribution < -0.4 is 40.2 Å². The number of piperidine rings is 2. The molecule has 6 aliphatic rings. The van der Waals surface area contributed by atoms with Crippen LogP contribution in [0.1, 0.15) is 98.0 Å². The van der Waals surface area contributed by atoms with Crippen molar-refractivity contribution in [3.05, 3.63) is 102 Å². The number of amides is 1. The molecule has 2 aromatic heterocycles. The van der Waals surface area contributed by atoms with Gasteiger partial charge in [-0.1, -0.05) is 0 Å². The molecular weight excluding hydrogens is 1440 g/mol. The van der Waals surface area contributed by atoms with Crippen molar-refractivity contribution in [1.82, 2.24) is 19.4 Å². The highest BCUT2D eigenvalue weighted by Crippen LogP contribution is 2.74. The number of carbonyl (C=O) groups excluding carboxylic acids is 2. The molecule has 6 fully saturated rings. The molecule has 3 aromatic carbocycles. The van der Waals surface area contributed by atoms with Crippen molar-refractivity contribution in [3.8, 4) is 17.2 Å². The van der Waals surface area contributed by atoms with Gasteiger partial charge in [-0.05, 0) is 101 Å². The summed E-state index contributed by atoms with van der Waals surface area (Å²) in [5, 5.41) is 31.0. The van der Waals surface area contributed by atoms with E-state index in [1.165, 1.54) is 56.6 Å². The Balaban J connectivity index is 0.000000235. The van der Waals surface area contributed by atoms with Gasteiger partial charge < -0.3 is 81.6 Å². The summed E-state index contributed by atoms with van der Waals surface area (Å²) in [6, 6.07) is 6.84. The molecule has 11 rings (SSSR count). The van der Waals surface area contributed by atoms with Crippen molar-refractivity contribution < 1.29 is 113 Å². The second-order valence-corrected chi connectivity index (χ2v) is 31.3. The maximum Gasteiger partial charge on any atom is 0.515 e. The van der Waals surface area contributed by atoms with Gasteiger partial charge in [0.15, 0.2) is 23.1 Å². The fourth-order valence-electron chi connectivity index (χ4n) is 12.4. The zero-order valence-electron chi connectivity index (χ0n) is 57.4. The molecule has 6 heterocycles. The van der Waals surface area contributed by atoms with Gasteiger partial charge in [-0.2, -0.15) is 0 Å². The van der Waals surface area contributed by atoms with Crippen LogP contribution in [-0.2, 0) is 55.3 Å². The van der Waals surface area contributed by atoms with Gasteiger partial charge in [0, 0.05) is 138 Å². The van der Waals surface area contributed by atoms with E-state index in [2.05, 4.69) is 14.8 Å². The Morgan fingerprint density at radius 1 is 0.673 bits per heavy atom. The van der Waals surface area contributed by atoms with Crippen molar-refractivity contribution >= 4 is 108 Å². The van der Waals surface area contributed by atoms with E-state index in [1.807, 2.05) is 4.90 Å². The first-order chi connectivity index (χ1) is 47.3. The molecule has 0 bridgehead atoms. The maximum atomic E-state index is 15.8. The molecule has 6 atom stereocenters. The number of non-ortho nitro benzene ring substituents is 1. The van der Waals surface area contributed by atoms with Crippen LogP contribution in [0.15, 0.2) is 58.4 Å². The molecule has 4 saturated heterocycles. The lowest BCUT2D eigenvalue weighted by molar-refractivity contribution is -0.384. The molecule has 2 aliphatic carbocycles. The maximum absolute atomic E-state index is 15.8. The van der Waals surface area contributed by atoms with Gasteiger partial charge in [-0.3, -0.25) is 28.8 Å². The molecular formula is C62H82ClF2N7O25P4. The number of methoxy groups -OCH3 is 4. The average molecular weight is 1520 g/mol. The summed E-state index contributed by atoms with van der Waals surface area (Å²) in [5.41, 5.74) is -1.15. The van der Waals surface area contributed by atoms with Crippen LogP contribution in [0, 0.1) is 33.6 Å². The van der Waals surface area contributed by atoms with E-state index in [4.69, 9.17) is 41.8 Å². The van der Waals surface area contributed by atoms with Crippen molar-refractivity contribution in [1.29, 1.82) is 0 Å². The largest absolute Gasteiger partial charge is 0.515 e. The number of likely N-dealkylation sites (tertiary alicyclic amines) is 1. The number of hydrogen-bond donors (Lipinski definition) is 3. The quantitative estimate of drug-likeness (QED) is 0.0163. The van der Waals surface area contributed by atoms with Crippen molar-refractivity contribution in [2.24, 2.45) is 11.8 Å². The highest BCUT2D eigenvalue weighted by molar-refractivity contribution is 7.77. The van der Waals surface area contributed by atoms with E-state index >= 15 is 8.78 Å². The number of halogens is 3. The number of rotatable bonds is 20. The first-order valence-corrected chi connectivity index (χ1v) is 36.8. The lowest BCUT2D eigenvalue weighted by Crippen LogP contribution is -2.51. The molecule has 2 saturated carbocycles. The molecule has 556 valence electrons. The zero-order chi connectivity index (χ0) is 73.9. The van der Waals surface area contributed by atoms with Crippen LogP contribution >= 0.6 is 44.5 Å². The first-order valence-electron chi connectivity index (χ1n) is 31.2. The molecule has 6 unspecified atom stereocenters. The number of benzene rings is 3. The number of nitrogens with zero attached hydrogens (tertiary/aromatic N) is 6. The van der Waals surface area contributed by atoms with Crippen LogP contribution in [-0.4, -0.2) is 186 Å². The van der Waals surface area contributed by atoms with Crippen LogP contribution in [0.2, 0.25) is 0 Å². The lowest BCUT2D eigenvalue weighted by atomic mass is 9.92. The van der Waals surface area contributed by atoms with Gasteiger partial charge in [-0.15, -0.1) is 12.4 Å². The molecule has 0 radical (unpaired) electrons. The van der Waals surface area contributed by atoms with Crippen LogP contribution in [0.3, 0.4) is 0 Å². The van der Waals surface area contributed by atoms with Gasteiger partial charge in [0.1, 0.15) is 28.3 Å². The Kier molecular flexibility index (Phi) is 28.8. The van der Waals surface area contributed by atoms with E-state index < -0.39 is 106 Å². The highest BCUT2D eigenvalue weighted by atomic mass is 35.5. The Morgan fingerprint density at radius 3 is 1.52 bits per heavy atom. The predicted molar refractivity (Wildman–Crippen MR) is 367 cm³/mol. The number of hydrogen-bond acceptors (Lipinski definition) is 26. The van der Waals surface area contributed by atoms with Gasteiger partial charge in [0.2, 0.25) is 10.9 Å². The number of fused-ring (bicyclic) bond motifs is 4. The fourth-order valence-corrected chi connectivity index (χ4v) is 17.2. The predicted octanol–water partition coefficient (Wildman–Crippen LogP) is 11.5. The van der Waals surface area contributed by atoms with Gasteiger partial charge in [-0.25, -0.2) is 46.1 Å². The molecule has 5 aromatic rings. The second kappa shape index (κ2) is 35.2. The number of nitro benzene ring substituents is 1. The van der Waals surface area contributed by atoms with E-state index in [1.54, 1.807) is 42.5 Å². The Morgan fingerprint density at radius 2 is 1.12 bits per heavy atom. The van der Waals surface area contributed by atoms with E-state index in [0.717, 1.165) is 111 Å². The number of ether oxygens (including phenoxy) is 7. The second-order valence-electron chi connectivity index (χ2n) is 24.4. The molecule has 101 heavy (non-hydrogen) atoms. The van der Waals surface area contributed by atoms with E-state index in [-0.39, 0.29) is 76.2 Å². The number of nitro groups is 1. The van der Waals surface area contributed by atoms with E-state index in [0.29, 0.717) is 60.5 Å².